The molecule has 2 aromatic rings. The minimum atomic E-state index is -0.435. The second-order valence-electron chi connectivity index (χ2n) is 4.84. The summed E-state index contributed by atoms with van der Waals surface area (Å²) >= 11 is 6.00. The zero-order valence-corrected chi connectivity index (χ0v) is 12.0. The number of nitrogens with zero attached hydrogens (tertiary/aromatic N) is 2. The van der Waals surface area contributed by atoms with Crippen LogP contribution >= 0.6 is 11.6 Å². The third-order valence-corrected chi connectivity index (χ3v) is 3.76. The zero-order valence-electron chi connectivity index (χ0n) is 11.3. The molecule has 0 spiro atoms. The highest BCUT2D eigenvalue weighted by Gasteiger charge is 2.27. The molecule has 106 valence electrons. The van der Waals surface area contributed by atoms with Crippen LogP contribution in [0.5, 0.6) is 0 Å². The van der Waals surface area contributed by atoms with E-state index < -0.39 is 6.04 Å². The molecule has 1 aliphatic rings. The Bertz CT molecular complexity index is 728. The molecular formula is C16H12ClFN2O. The summed E-state index contributed by atoms with van der Waals surface area (Å²) in [5, 5.41) is 0.560. The normalized spacial score (nSPS) is 17.2. The fourth-order valence-corrected chi connectivity index (χ4v) is 2.60. The van der Waals surface area contributed by atoms with Gasteiger partial charge in [0.05, 0.1) is 5.69 Å². The van der Waals surface area contributed by atoms with Gasteiger partial charge in [-0.05, 0) is 36.4 Å². The number of fused-ring (bicyclic) bond motifs is 1. The molecule has 0 aromatic heterocycles. The lowest BCUT2D eigenvalue weighted by Gasteiger charge is -2.32. The number of likely N-dealkylation sites (N-methyl/N-ethyl adjacent to an activating group) is 1. The molecule has 0 fully saturated rings. The predicted molar refractivity (Wildman–Crippen MR) is 80.6 cm³/mol. The van der Waals surface area contributed by atoms with Crippen LogP contribution in [0.1, 0.15) is 17.2 Å². The third-order valence-electron chi connectivity index (χ3n) is 3.52. The number of hydrogen-bond donors (Lipinski definition) is 0. The van der Waals surface area contributed by atoms with Crippen molar-refractivity contribution in [3.8, 4) is 0 Å². The quantitative estimate of drug-likeness (QED) is 0.792. The average molecular weight is 303 g/mol. The monoisotopic (exact) mass is 302 g/mol. The maximum absolute atomic E-state index is 13.1. The Morgan fingerprint density at radius 2 is 1.95 bits per heavy atom. The van der Waals surface area contributed by atoms with Gasteiger partial charge >= 0.3 is 0 Å². The predicted octanol–water partition coefficient (Wildman–Crippen LogP) is 3.74. The second kappa shape index (κ2) is 5.30. The first kappa shape index (κ1) is 13.8. The molecule has 0 bridgehead atoms. The third kappa shape index (κ3) is 2.43. The largest absolute Gasteiger partial charge is 0.345 e. The van der Waals surface area contributed by atoms with Crippen LogP contribution in [-0.2, 0) is 4.79 Å². The van der Waals surface area contributed by atoms with Crippen molar-refractivity contribution < 1.29 is 9.18 Å². The summed E-state index contributed by atoms with van der Waals surface area (Å²) in [6, 6.07) is 10.9. The molecule has 0 saturated heterocycles. The summed E-state index contributed by atoms with van der Waals surface area (Å²) in [4.78, 5) is 17.8. The van der Waals surface area contributed by atoms with Crippen LogP contribution in [0, 0.1) is 5.82 Å². The molecule has 0 aliphatic carbocycles. The molecule has 0 saturated carbocycles. The van der Waals surface area contributed by atoms with E-state index in [0.29, 0.717) is 16.5 Å². The van der Waals surface area contributed by atoms with Gasteiger partial charge in [0, 0.05) is 23.2 Å². The lowest BCUT2D eigenvalue weighted by molar-refractivity contribution is -0.111. The lowest BCUT2D eigenvalue weighted by Crippen LogP contribution is -2.35. The topological polar surface area (TPSA) is 32.7 Å². The summed E-state index contributed by atoms with van der Waals surface area (Å²) in [7, 11) is 1.79. The van der Waals surface area contributed by atoms with Crippen molar-refractivity contribution in [1.82, 2.24) is 4.90 Å². The number of halogens is 2. The van der Waals surface area contributed by atoms with Gasteiger partial charge in [-0.3, -0.25) is 0 Å². The summed E-state index contributed by atoms with van der Waals surface area (Å²) in [6.45, 7) is 0. The van der Waals surface area contributed by atoms with Gasteiger partial charge in [0.2, 0.25) is 0 Å². The number of benzene rings is 2. The average Bonchev–Trinajstić information content (AvgIpc) is 2.48. The van der Waals surface area contributed by atoms with Crippen molar-refractivity contribution in [2.75, 3.05) is 7.05 Å². The molecule has 0 N–H and O–H groups in total. The van der Waals surface area contributed by atoms with Crippen molar-refractivity contribution in [3.63, 3.8) is 0 Å². The van der Waals surface area contributed by atoms with E-state index in [0.717, 1.165) is 17.4 Å². The van der Waals surface area contributed by atoms with Gasteiger partial charge in [0.25, 0.3) is 0 Å². The molecule has 3 rings (SSSR count). The number of aldehydes is 1. The zero-order chi connectivity index (χ0) is 15.0. The molecule has 1 heterocycles. The Morgan fingerprint density at radius 1 is 1.24 bits per heavy atom. The summed E-state index contributed by atoms with van der Waals surface area (Å²) in [5.41, 5.74) is 2.22. The van der Waals surface area contributed by atoms with E-state index in [1.807, 2.05) is 0 Å². The number of carbonyl (C=O) groups excluding carboxylic acids is 1. The first-order valence-electron chi connectivity index (χ1n) is 6.42. The van der Waals surface area contributed by atoms with Crippen LogP contribution in [0.4, 0.5) is 10.1 Å². The maximum Gasteiger partial charge on any atom is 0.147 e. The van der Waals surface area contributed by atoms with E-state index in [2.05, 4.69) is 4.99 Å². The van der Waals surface area contributed by atoms with Gasteiger partial charge in [-0.1, -0.05) is 17.7 Å². The van der Waals surface area contributed by atoms with Crippen LogP contribution in [0.25, 0.3) is 0 Å². The Morgan fingerprint density at radius 3 is 2.62 bits per heavy atom. The van der Waals surface area contributed by atoms with Gasteiger partial charge in [0.15, 0.2) is 0 Å². The minimum absolute atomic E-state index is 0.312. The van der Waals surface area contributed by atoms with Crippen molar-refractivity contribution in [2.24, 2.45) is 4.99 Å². The van der Waals surface area contributed by atoms with Gasteiger partial charge in [-0.15, -0.1) is 0 Å². The van der Waals surface area contributed by atoms with Crippen molar-refractivity contribution in [3.05, 3.63) is 64.4 Å². The lowest BCUT2D eigenvalue weighted by atomic mass is 10.0. The van der Waals surface area contributed by atoms with Crippen molar-refractivity contribution in [1.29, 1.82) is 0 Å². The van der Waals surface area contributed by atoms with Gasteiger partial charge < -0.3 is 9.69 Å². The van der Waals surface area contributed by atoms with Crippen LogP contribution < -0.4 is 0 Å². The first-order chi connectivity index (χ1) is 10.1. The van der Waals surface area contributed by atoms with E-state index in [1.165, 1.54) is 12.1 Å². The molecule has 0 amide bonds. The molecule has 0 radical (unpaired) electrons. The van der Waals surface area contributed by atoms with Crippen molar-refractivity contribution in [2.45, 2.75) is 6.04 Å². The molecule has 3 nitrogen and oxygen atoms in total. The molecule has 2 aromatic carbocycles. The van der Waals surface area contributed by atoms with E-state index in [1.54, 1.807) is 42.3 Å². The Hall–Kier alpha value is -2.20. The van der Waals surface area contributed by atoms with Crippen molar-refractivity contribution >= 4 is 29.4 Å². The smallest absolute Gasteiger partial charge is 0.147 e. The molecule has 21 heavy (non-hydrogen) atoms. The molecule has 1 aliphatic heterocycles. The minimum Gasteiger partial charge on any atom is -0.345 e. The first-order valence-corrected chi connectivity index (χ1v) is 6.80. The highest BCUT2D eigenvalue weighted by Crippen LogP contribution is 2.36. The van der Waals surface area contributed by atoms with Crippen LogP contribution in [0.2, 0.25) is 5.02 Å². The van der Waals surface area contributed by atoms with E-state index in [4.69, 9.17) is 11.6 Å². The summed E-state index contributed by atoms with van der Waals surface area (Å²) < 4.78 is 13.1. The van der Waals surface area contributed by atoms with Gasteiger partial charge in [-0.25, -0.2) is 9.38 Å². The SMILES string of the molecule is CN1C(c2ccc(F)cc2)=Nc2cc(Cl)ccc2C1C=O. The Balaban J connectivity index is 2.16. The molecule has 1 unspecified atom stereocenters. The van der Waals surface area contributed by atoms with Crippen LogP contribution in [0.15, 0.2) is 47.5 Å². The van der Waals surface area contributed by atoms with E-state index in [9.17, 15) is 9.18 Å². The van der Waals surface area contributed by atoms with Crippen LogP contribution in [-0.4, -0.2) is 24.1 Å². The maximum atomic E-state index is 13.1. The van der Waals surface area contributed by atoms with Crippen LogP contribution in [0.3, 0.4) is 0 Å². The molecule has 1 atom stereocenters. The number of aliphatic imine (C=N–C) groups is 1. The fourth-order valence-electron chi connectivity index (χ4n) is 2.43. The van der Waals surface area contributed by atoms with E-state index >= 15 is 0 Å². The fraction of sp³-hybridized carbons (Fsp3) is 0.125. The highest BCUT2D eigenvalue weighted by molar-refractivity contribution is 6.31. The number of rotatable bonds is 2. The number of amidine groups is 1. The summed E-state index contributed by atoms with van der Waals surface area (Å²) in [5.74, 6) is 0.301. The number of hydrogen-bond acceptors (Lipinski definition) is 3. The van der Waals surface area contributed by atoms with Gasteiger partial charge in [-0.2, -0.15) is 0 Å². The molecule has 5 heteroatoms. The Labute approximate surface area is 126 Å². The highest BCUT2D eigenvalue weighted by atomic mass is 35.5. The standard InChI is InChI=1S/C16H12ClFN2O/c1-20-15(9-21)13-7-4-11(17)8-14(13)19-16(20)10-2-5-12(18)6-3-10/h2-9,15H,1H3. The summed E-state index contributed by atoms with van der Waals surface area (Å²) in [6.07, 6.45) is 0.866. The number of carbonyl (C=O) groups is 1. The van der Waals surface area contributed by atoms with Gasteiger partial charge in [0.1, 0.15) is 24.0 Å². The second-order valence-corrected chi connectivity index (χ2v) is 5.27. The Kier molecular flexibility index (Phi) is 3.47. The molecular weight excluding hydrogens is 291 g/mol. The van der Waals surface area contributed by atoms with E-state index in [-0.39, 0.29) is 5.82 Å².